The molecule has 0 saturated carbocycles. The molecule has 0 amide bonds. The summed E-state index contributed by atoms with van der Waals surface area (Å²) in [6.07, 6.45) is 0.870. The largest absolute Gasteiger partial charge is 0.500 e. The van der Waals surface area contributed by atoms with Crippen molar-refractivity contribution in [2.45, 2.75) is 32.1 Å². The Morgan fingerprint density at radius 3 is 1.78 bits per heavy atom. The minimum absolute atomic E-state index is 0.645. The lowest BCUT2D eigenvalue weighted by atomic mass is 10.5. The van der Waals surface area contributed by atoms with E-state index in [0.717, 1.165) is 12.5 Å². The molecule has 0 saturated heterocycles. The second kappa shape index (κ2) is 9.19. The summed E-state index contributed by atoms with van der Waals surface area (Å²) in [5.74, 6) is 0. The normalized spacial score (nSPS) is 13.0. The highest BCUT2D eigenvalue weighted by Crippen LogP contribution is 2.14. The summed E-state index contributed by atoms with van der Waals surface area (Å²) in [5, 5.41) is 0. The third-order valence-electron chi connectivity index (χ3n) is 2.47. The molecule has 0 rings (SSSR count). The molecule has 18 heavy (non-hydrogen) atoms. The quantitative estimate of drug-likeness (QED) is 0.432. The van der Waals surface area contributed by atoms with E-state index in [1.54, 1.807) is 21.3 Å². The fraction of sp³-hybridized carbons (Fsp3) is 1.00. The monoisotopic (exact) mass is 296 g/mol. The molecule has 0 aliphatic heterocycles. The van der Waals surface area contributed by atoms with Gasteiger partial charge >= 0.3 is 8.80 Å². The second-order valence-electron chi connectivity index (χ2n) is 4.97. The molecule has 0 aromatic rings. The minimum atomic E-state index is -2.42. The van der Waals surface area contributed by atoms with Crippen LogP contribution < -0.4 is 0 Å². The van der Waals surface area contributed by atoms with Crippen LogP contribution in [0.5, 0.6) is 0 Å². The van der Waals surface area contributed by atoms with Crippen LogP contribution in [0.25, 0.3) is 0 Å². The SMILES string of the molecule is CO[Si](CCCOCCO[Si](C)(C)C)(OC)OC. The van der Waals surface area contributed by atoms with Gasteiger partial charge in [-0.05, 0) is 26.1 Å². The molecule has 0 aliphatic carbocycles. The summed E-state index contributed by atoms with van der Waals surface area (Å²) >= 11 is 0. The van der Waals surface area contributed by atoms with E-state index in [9.17, 15) is 0 Å². The minimum Gasteiger partial charge on any atom is -0.415 e. The first-order chi connectivity index (χ1) is 8.39. The highest BCUT2D eigenvalue weighted by atomic mass is 28.4. The van der Waals surface area contributed by atoms with E-state index in [1.807, 2.05) is 0 Å². The van der Waals surface area contributed by atoms with Gasteiger partial charge in [-0.1, -0.05) is 0 Å². The van der Waals surface area contributed by atoms with Crippen LogP contribution in [0.3, 0.4) is 0 Å². The highest BCUT2D eigenvalue weighted by Gasteiger charge is 2.36. The van der Waals surface area contributed by atoms with Crippen molar-refractivity contribution in [1.82, 2.24) is 0 Å². The first-order valence-corrected chi connectivity index (χ1v) is 11.6. The second-order valence-corrected chi connectivity index (χ2v) is 12.6. The summed E-state index contributed by atoms with van der Waals surface area (Å²) < 4.78 is 27.2. The molecule has 110 valence electrons. The van der Waals surface area contributed by atoms with E-state index in [2.05, 4.69) is 19.6 Å². The predicted octanol–water partition coefficient (Wildman–Crippen LogP) is 2.12. The molecular formula is C11H28O5Si2. The van der Waals surface area contributed by atoms with Crippen LogP contribution in [0.1, 0.15) is 6.42 Å². The Kier molecular flexibility index (Phi) is 9.31. The van der Waals surface area contributed by atoms with E-state index >= 15 is 0 Å². The average Bonchev–Trinajstić information content (AvgIpc) is 2.32. The average molecular weight is 297 g/mol. The standard InChI is InChI=1S/C11H28O5Si2/c1-12-18(13-2,14-3)11-7-8-15-9-10-16-17(4,5)6/h7-11H2,1-6H3. The Morgan fingerprint density at radius 2 is 1.33 bits per heavy atom. The first-order valence-electron chi connectivity index (χ1n) is 6.26. The van der Waals surface area contributed by atoms with Crippen molar-refractivity contribution < 1.29 is 22.4 Å². The molecule has 0 aromatic heterocycles. The Bertz CT molecular complexity index is 196. The van der Waals surface area contributed by atoms with Crippen molar-refractivity contribution in [3.63, 3.8) is 0 Å². The zero-order valence-electron chi connectivity index (χ0n) is 12.6. The Balaban J connectivity index is 3.56. The van der Waals surface area contributed by atoms with Crippen LogP contribution in [0.15, 0.2) is 0 Å². The fourth-order valence-electron chi connectivity index (χ4n) is 1.46. The molecule has 0 atom stereocenters. The van der Waals surface area contributed by atoms with Gasteiger partial charge in [0, 0.05) is 34.0 Å². The fourth-order valence-corrected chi connectivity index (χ4v) is 3.84. The number of rotatable bonds is 11. The van der Waals surface area contributed by atoms with E-state index in [1.165, 1.54) is 0 Å². The van der Waals surface area contributed by atoms with E-state index in [0.29, 0.717) is 19.8 Å². The number of hydrogen-bond acceptors (Lipinski definition) is 5. The molecule has 0 aromatic carbocycles. The van der Waals surface area contributed by atoms with Crippen LogP contribution in [-0.4, -0.2) is 58.3 Å². The predicted molar refractivity (Wildman–Crippen MR) is 76.3 cm³/mol. The Hall–Kier alpha value is 0.234. The van der Waals surface area contributed by atoms with Gasteiger partial charge in [0.05, 0.1) is 13.2 Å². The lowest BCUT2D eigenvalue weighted by Crippen LogP contribution is -2.42. The maximum Gasteiger partial charge on any atom is 0.500 e. The van der Waals surface area contributed by atoms with Crippen LogP contribution in [0.4, 0.5) is 0 Å². The molecule has 0 spiro atoms. The third-order valence-corrected chi connectivity index (χ3v) is 6.37. The molecule has 7 heteroatoms. The summed E-state index contributed by atoms with van der Waals surface area (Å²) in [5.41, 5.74) is 0. The van der Waals surface area contributed by atoms with Gasteiger partial charge in [-0.15, -0.1) is 0 Å². The van der Waals surface area contributed by atoms with E-state index in [-0.39, 0.29) is 0 Å². The van der Waals surface area contributed by atoms with Gasteiger partial charge in [-0.3, -0.25) is 0 Å². The van der Waals surface area contributed by atoms with Crippen LogP contribution in [0, 0.1) is 0 Å². The van der Waals surface area contributed by atoms with Gasteiger partial charge < -0.3 is 22.4 Å². The number of hydrogen-bond donors (Lipinski definition) is 0. The summed E-state index contributed by atoms with van der Waals surface area (Å²) in [6.45, 7) is 8.51. The van der Waals surface area contributed by atoms with Gasteiger partial charge in [0.25, 0.3) is 0 Å². The van der Waals surface area contributed by atoms with Crippen LogP contribution in [0.2, 0.25) is 25.7 Å². The zero-order valence-corrected chi connectivity index (χ0v) is 14.6. The van der Waals surface area contributed by atoms with Crippen molar-refractivity contribution in [2.75, 3.05) is 41.2 Å². The first kappa shape index (κ1) is 18.2. The van der Waals surface area contributed by atoms with E-state index < -0.39 is 17.1 Å². The molecule has 0 N–H and O–H groups in total. The van der Waals surface area contributed by atoms with Gasteiger partial charge in [0.1, 0.15) is 0 Å². The zero-order chi connectivity index (χ0) is 14.1. The summed E-state index contributed by atoms with van der Waals surface area (Å²) in [6, 6.07) is 0.769. The third kappa shape index (κ3) is 8.36. The van der Waals surface area contributed by atoms with Crippen molar-refractivity contribution in [1.29, 1.82) is 0 Å². The topological polar surface area (TPSA) is 46.2 Å². The molecule has 0 radical (unpaired) electrons. The molecule has 5 nitrogen and oxygen atoms in total. The van der Waals surface area contributed by atoms with Gasteiger partial charge in [0.2, 0.25) is 0 Å². The van der Waals surface area contributed by atoms with Gasteiger partial charge in [-0.2, -0.15) is 0 Å². The number of ether oxygens (including phenoxy) is 1. The molecule has 0 aliphatic rings. The Morgan fingerprint density at radius 1 is 0.778 bits per heavy atom. The van der Waals surface area contributed by atoms with Crippen molar-refractivity contribution in [2.24, 2.45) is 0 Å². The smallest absolute Gasteiger partial charge is 0.415 e. The van der Waals surface area contributed by atoms with Gasteiger partial charge in [0.15, 0.2) is 8.32 Å². The maximum atomic E-state index is 5.69. The maximum absolute atomic E-state index is 5.69. The van der Waals surface area contributed by atoms with Crippen LogP contribution in [-0.2, 0) is 22.4 Å². The van der Waals surface area contributed by atoms with E-state index in [4.69, 9.17) is 22.4 Å². The highest BCUT2D eigenvalue weighted by molar-refractivity contribution is 6.69. The lowest BCUT2D eigenvalue weighted by molar-refractivity contribution is 0.0888. The van der Waals surface area contributed by atoms with Crippen molar-refractivity contribution in [3.05, 3.63) is 0 Å². The molecule has 0 heterocycles. The summed E-state index contributed by atoms with van der Waals surface area (Å²) in [4.78, 5) is 0. The van der Waals surface area contributed by atoms with Crippen LogP contribution >= 0.6 is 0 Å². The molecule has 0 fully saturated rings. The molecule has 0 unspecified atom stereocenters. The van der Waals surface area contributed by atoms with Crippen molar-refractivity contribution >= 4 is 17.1 Å². The lowest BCUT2D eigenvalue weighted by Gasteiger charge is -2.24. The summed E-state index contributed by atoms with van der Waals surface area (Å²) in [7, 11) is 1.05. The molecular weight excluding hydrogens is 268 g/mol. The van der Waals surface area contributed by atoms with Crippen molar-refractivity contribution in [3.8, 4) is 0 Å². The molecule has 0 bridgehead atoms. The Labute approximate surface area is 113 Å². The van der Waals surface area contributed by atoms with Gasteiger partial charge in [-0.25, -0.2) is 0 Å².